The second-order valence-corrected chi connectivity index (χ2v) is 9.35. The zero-order valence-corrected chi connectivity index (χ0v) is 20.9. The van der Waals surface area contributed by atoms with Gasteiger partial charge in [0.25, 0.3) is 0 Å². The van der Waals surface area contributed by atoms with Crippen LogP contribution < -0.4 is 0 Å². The van der Waals surface area contributed by atoms with Gasteiger partial charge in [-0.2, -0.15) is 13.2 Å². The number of likely N-dealkylation sites (N-methyl/N-ethyl adjacent to an activating group) is 1. The lowest BCUT2D eigenvalue weighted by atomic mass is 9.92. The van der Waals surface area contributed by atoms with E-state index >= 15 is 0 Å². The van der Waals surface area contributed by atoms with Gasteiger partial charge in [0, 0.05) is 52.8 Å². The summed E-state index contributed by atoms with van der Waals surface area (Å²) < 4.78 is 45.8. The molecule has 1 amide bonds. The smallest absolute Gasteiger partial charge is 0.383 e. The topological polar surface area (TPSA) is 36.0 Å². The predicted octanol–water partition coefficient (Wildman–Crippen LogP) is 4.23. The molecule has 8 heteroatoms. The van der Waals surface area contributed by atoms with E-state index in [1.165, 1.54) is 23.3 Å². The van der Waals surface area contributed by atoms with Crippen molar-refractivity contribution in [2.75, 3.05) is 54.0 Å². The minimum absolute atomic E-state index is 0.0519. The van der Waals surface area contributed by atoms with Gasteiger partial charge in [0.2, 0.25) is 5.91 Å². The molecule has 5 nitrogen and oxygen atoms in total. The number of amides is 1. The lowest BCUT2D eigenvalue weighted by molar-refractivity contribution is -0.140. The summed E-state index contributed by atoms with van der Waals surface area (Å²) in [5.41, 5.74) is 3.18. The summed E-state index contributed by atoms with van der Waals surface area (Å²) in [5, 5.41) is 0. The van der Waals surface area contributed by atoms with Gasteiger partial charge in [0.05, 0.1) is 12.2 Å². The summed E-state index contributed by atoms with van der Waals surface area (Å²) in [5.74, 6) is -0.126. The SMILES string of the molecule is COCCN1CCc2c(CCC(=O)N(CCN(C)C)Cc3ccccc3C(F)(F)F)cccc2C1. The third-order valence-electron chi connectivity index (χ3n) is 6.52. The van der Waals surface area contributed by atoms with Crippen molar-refractivity contribution >= 4 is 5.91 Å². The maximum absolute atomic E-state index is 13.5. The predicted molar refractivity (Wildman–Crippen MR) is 131 cm³/mol. The van der Waals surface area contributed by atoms with Crippen molar-refractivity contribution in [3.63, 3.8) is 0 Å². The fourth-order valence-corrected chi connectivity index (χ4v) is 4.55. The summed E-state index contributed by atoms with van der Waals surface area (Å²) in [4.78, 5) is 19.1. The minimum Gasteiger partial charge on any atom is -0.383 e. The Morgan fingerprint density at radius 1 is 1.06 bits per heavy atom. The lowest BCUT2D eigenvalue weighted by Crippen LogP contribution is -2.37. The Morgan fingerprint density at radius 2 is 1.80 bits per heavy atom. The van der Waals surface area contributed by atoms with Crippen LogP contribution in [-0.4, -0.2) is 74.6 Å². The van der Waals surface area contributed by atoms with Crippen molar-refractivity contribution in [1.29, 1.82) is 0 Å². The molecular weight excluding hydrogens is 455 g/mol. The number of aryl methyl sites for hydroxylation is 1. The quantitative estimate of drug-likeness (QED) is 0.471. The Balaban J connectivity index is 1.71. The summed E-state index contributed by atoms with van der Waals surface area (Å²) >= 11 is 0. The highest BCUT2D eigenvalue weighted by Gasteiger charge is 2.33. The van der Waals surface area contributed by atoms with Crippen LogP contribution in [0.4, 0.5) is 13.2 Å². The molecule has 0 spiro atoms. The Hall–Kier alpha value is -2.42. The molecule has 1 heterocycles. The Bertz CT molecular complexity index is 978. The molecule has 0 N–H and O–H groups in total. The number of fused-ring (bicyclic) bond motifs is 1. The number of carbonyl (C=O) groups excluding carboxylic acids is 1. The van der Waals surface area contributed by atoms with Crippen LogP contribution in [0.2, 0.25) is 0 Å². The molecule has 0 atom stereocenters. The largest absolute Gasteiger partial charge is 0.416 e. The van der Waals surface area contributed by atoms with Gasteiger partial charge in [-0.3, -0.25) is 9.69 Å². The molecule has 2 aromatic carbocycles. The molecule has 0 aromatic heterocycles. The molecule has 3 rings (SSSR count). The number of alkyl halides is 3. The standard InChI is InChI=1S/C27H36F3N3O2/c1-31(2)15-16-33(20-23-7-4-5-10-25(23)27(28,29)30)26(34)12-11-21-8-6-9-22-19-32(17-18-35-3)14-13-24(21)22/h4-10H,11-20H2,1-3H3. The van der Waals surface area contributed by atoms with Gasteiger partial charge >= 0.3 is 6.18 Å². The number of carbonyl (C=O) groups is 1. The summed E-state index contributed by atoms with van der Waals surface area (Å²) in [6, 6.07) is 11.7. The summed E-state index contributed by atoms with van der Waals surface area (Å²) in [6.45, 7) is 4.30. The second kappa shape index (κ2) is 12.5. The second-order valence-electron chi connectivity index (χ2n) is 9.35. The molecule has 0 radical (unpaired) electrons. The molecule has 0 bridgehead atoms. The molecule has 35 heavy (non-hydrogen) atoms. The maximum Gasteiger partial charge on any atom is 0.416 e. The third-order valence-corrected chi connectivity index (χ3v) is 6.52. The fourth-order valence-electron chi connectivity index (χ4n) is 4.55. The highest BCUT2D eigenvalue weighted by atomic mass is 19.4. The number of ether oxygens (including phenoxy) is 1. The van der Waals surface area contributed by atoms with Crippen LogP contribution in [0.5, 0.6) is 0 Å². The van der Waals surface area contributed by atoms with Crippen molar-refractivity contribution in [2.24, 2.45) is 0 Å². The van der Waals surface area contributed by atoms with Crippen LogP contribution in [0.15, 0.2) is 42.5 Å². The summed E-state index contributed by atoms with van der Waals surface area (Å²) in [7, 11) is 5.48. The zero-order chi connectivity index (χ0) is 25.4. The zero-order valence-electron chi connectivity index (χ0n) is 20.9. The van der Waals surface area contributed by atoms with Gasteiger partial charge in [-0.05, 0) is 55.3 Å². The van der Waals surface area contributed by atoms with E-state index in [9.17, 15) is 18.0 Å². The van der Waals surface area contributed by atoms with E-state index in [0.717, 1.165) is 37.7 Å². The average molecular weight is 492 g/mol. The van der Waals surface area contributed by atoms with E-state index in [4.69, 9.17) is 4.74 Å². The summed E-state index contributed by atoms with van der Waals surface area (Å²) in [6.07, 6.45) is -2.68. The van der Waals surface area contributed by atoms with Crippen LogP contribution in [0.1, 0.15) is 34.2 Å². The first kappa shape index (κ1) is 27.2. The number of benzene rings is 2. The first-order valence-corrected chi connectivity index (χ1v) is 12.1. The number of hydrogen-bond acceptors (Lipinski definition) is 4. The number of nitrogens with zero attached hydrogens (tertiary/aromatic N) is 3. The van der Waals surface area contributed by atoms with Crippen molar-refractivity contribution in [1.82, 2.24) is 14.7 Å². The van der Waals surface area contributed by atoms with E-state index in [1.54, 1.807) is 18.1 Å². The van der Waals surface area contributed by atoms with Gasteiger partial charge in [-0.1, -0.05) is 36.4 Å². The highest BCUT2D eigenvalue weighted by molar-refractivity contribution is 5.76. The molecule has 2 aromatic rings. The molecule has 0 unspecified atom stereocenters. The van der Waals surface area contributed by atoms with Crippen LogP contribution in [0.25, 0.3) is 0 Å². The third kappa shape index (κ3) is 7.78. The van der Waals surface area contributed by atoms with Gasteiger partial charge in [-0.15, -0.1) is 0 Å². The van der Waals surface area contributed by atoms with E-state index in [2.05, 4.69) is 17.0 Å². The highest BCUT2D eigenvalue weighted by Crippen LogP contribution is 2.32. The number of methoxy groups -OCH3 is 1. The molecule has 0 saturated heterocycles. The molecular formula is C27H36F3N3O2. The van der Waals surface area contributed by atoms with Crippen LogP contribution in [0.3, 0.4) is 0 Å². The molecule has 0 saturated carbocycles. The van der Waals surface area contributed by atoms with E-state index in [-0.39, 0.29) is 24.4 Å². The average Bonchev–Trinajstić information content (AvgIpc) is 2.83. The Morgan fingerprint density at radius 3 is 2.51 bits per heavy atom. The number of rotatable bonds is 11. The molecule has 192 valence electrons. The van der Waals surface area contributed by atoms with Gasteiger partial charge in [0.15, 0.2) is 0 Å². The van der Waals surface area contributed by atoms with Crippen LogP contribution in [0, 0.1) is 0 Å². The van der Waals surface area contributed by atoms with Crippen LogP contribution >= 0.6 is 0 Å². The molecule has 0 aliphatic carbocycles. The molecule has 1 aliphatic rings. The van der Waals surface area contributed by atoms with Gasteiger partial charge < -0.3 is 14.5 Å². The fraction of sp³-hybridized carbons (Fsp3) is 0.519. The van der Waals surface area contributed by atoms with E-state index < -0.39 is 11.7 Å². The maximum atomic E-state index is 13.5. The monoisotopic (exact) mass is 491 g/mol. The molecule has 0 fully saturated rings. The van der Waals surface area contributed by atoms with Crippen molar-refractivity contribution < 1.29 is 22.7 Å². The van der Waals surface area contributed by atoms with Gasteiger partial charge in [0.1, 0.15) is 0 Å². The number of hydrogen-bond donors (Lipinski definition) is 0. The number of halogens is 3. The van der Waals surface area contributed by atoms with Crippen molar-refractivity contribution in [3.05, 3.63) is 70.3 Å². The Labute approximate surface area is 206 Å². The first-order chi connectivity index (χ1) is 16.7. The normalized spacial score (nSPS) is 14.3. The van der Waals surface area contributed by atoms with Crippen LogP contribution in [-0.2, 0) is 41.6 Å². The van der Waals surface area contributed by atoms with Crippen molar-refractivity contribution in [2.45, 2.75) is 38.5 Å². The van der Waals surface area contributed by atoms with E-state index in [1.807, 2.05) is 25.1 Å². The Kier molecular flexibility index (Phi) is 9.71. The minimum atomic E-state index is -4.45. The molecule has 1 aliphatic heterocycles. The van der Waals surface area contributed by atoms with E-state index in [0.29, 0.717) is 26.1 Å². The first-order valence-electron chi connectivity index (χ1n) is 12.1. The van der Waals surface area contributed by atoms with Crippen molar-refractivity contribution in [3.8, 4) is 0 Å². The van der Waals surface area contributed by atoms with Gasteiger partial charge in [-0.25, -0.2) is 0 Å². The lowest BCUT2D eigenvalue weighted by Gasteiger charge is -2.30.